The van der Waals surface area contributed by atoms with Crippen molar-refractivity contribution in [2.45, 2.75) is 92.5 Å². The maximum atomic E-state index is 13.8. The average Bonchev–Trinajstić information content (AvgIpc) is 1.63. The largest absolute Gasteiger partial charge is 0.454 e. The molecule has 10 amide bonds. The lowest BCUT2D eigenvalue weighted by atomic mass is 9.86. The van der Waals surface area contributed by atoms with E-state index in [-0.39, 0.29) is 194 Å². The minimum atomic E-state index is -3.38. The van der Waals surface area contributed by atoms with Gasteiger partial charge in [0.15, 0.2) is 57.5 Å². The van der Waals surface area contributed by atoms with E-state index in [1.54, 1.807) is 54.6 Å². The minimum absolute atomic E-state index is 0.000820. The number of hydrogen-bond acceptors (Lipinski definition) is 20. The summed E-state index contributed by atoms with van der Waals surface area (Å²) in [7, 11) is 0. The second-order valence-electron chi connectivity index (χ2n) is 34.8. The van der Waals surface area contributed by atoms with Gasteiger partial charge in [-0.1, -0.05) is 121 Å². The number of aromatic amines is 5. The van der Waals surface area contributed by atoms with E-state index in [2.05, 4.69) is 24.9 Å². The number of benzene rings is 10. The van der Waals surface area contributed by atoms with Crippen LogP contribution in [0.5, 0.6) is 57.5 Å². The zero-order chi connectivity index (χ0) is 140. The molecule has 35 nitrogen and oxygen atoms in total. The number of likely N-dealkylation sites (N-methyl/N-ethyl adjacent to an activating group) is 5. The summed E-state index contributed by atoms with van der Waals surface area (Å²) in [5, 5.41) is 2.13. The number of nitrogens with one attached hydrogen (secondary N) is 5. The van der Waals surface area contributed by atoms with Gasteiger partial charge in [0.05, 0.1) is 99.7 Å². The Balaban J connectivity index is 0.000000114. The van der Waals surface area contributed by atoms with Crippen LogP contribution in [0.15, 0.2) is 212 Å². The van der Waals surface area contributed by atoms with Crippen molar-refractivity contribution < 1.29 is 161 Å². The first-order chi connectivity index (χ1) is 89.7. The number of piperazine rings is 5. The van der Waals surface area contributed by atoms with E-state index in [0.717, 1.165) is 35.4 Å². The molecule has 15 aliphatic heterocycles. The maximum Gasteiger partial charge on any atom is 0.245 e. The monoisotopic (exact) mass is 1990 g/mol. The summed E-state index contributed by atoms with van der Waals surface area (Å²) in [6.45, 7) is -40.8. The van der Waals surface area contributed by atoms with Crippen LogP contribution in [0, 0.1) is 0 Å². The standard InChI is InChI=1S/5C22H19N3O4/c5*1-24-10-19(26)25-16(22(24)27)9-14-13-4-2-3-5-15(13)23-20(14)21(25)12-6-7-17-18(8-12)29-11-28-17/h5*2-8,16,21,23H,9-11H2,1H3/t5*16-,21?/m11111/s1/i1D3,2D,3D,4D,5D,6D,7D,8D,10D2;1D3,2D,3D,4D,5D,10D2,11D2;1D3,6D,7D,8D,10D2,11D2;1D3,6D,7D,8D,10D2;1D3,10D2,11D2. The molecule has 15 aliphatic rings. The molecule has 20 heterocycles. The lowest BCUT2D eigenvalue weighted by Gasteiger charge is -2.46. The Morgan fingerprint density at radius 2 is 0.531 bits per heavy atom. The second-order valence-corrected chi connectivity index (χ2v) is 34.8. The first-order valence-corrected chi connectivity index (χ1v) is 44.4. The summed E-state index contributed by atoms with van der Waals surface area (Å²) in [6, 6.07) is 6.99. The van der Waals surface area contributed by atoms with Gasteiger partial charge in [-0.05, 0) is 146 Å². The zero-order valence-corrected chi connectivity index (χ0v) is 73.8. The second kappa shape index (κ2) is 33.9. The first kappa shape index (κ1) is 50.8. The molecule has 145 heavy (non-hydrogen) atoms. The topological polar surface area (TPSA) is 374 Å². The number of aromatic nitrogens is 5. The van der Waals surface area contributed by atoms with E-state index >= 15 is 0 Å². The Bertz CT molecular complexity index is 10700. The van der Waals surface area contributed by atoms with Crippen LogP contribution in [0.1, 0.15) is 180 Å². The summed E-state index contributed by atoms with van der Waals surface area (Å²) >= 11 is 0. The highest BCUT2D eigenvalue weighted by Crippen LogP contribution is 2.53. The van der Waals surface area contributed by atoms with Gasteiger partial charge in [-0.15, -0.1) is 0 Å². The smallest absolute Gasteiger partial charge is 0.245 e. The Labute approximate surface area is 894 Å². The number of carbonyl (C=O) groups excluding carboxylic acids is 10. The molecule has 0 bridgehead atoms. The van der Waals surface area contributed by atoms with Gasteiger partial charge < -0.3 is 121 Å². The molecule has 0 saturated carbocycles. The summed E-state index contributed by atoms with van der Waals surface area (Å²) in [5.41, 5.74) is 4.94. The third-order valence-corrected chi connectivity index (χ3v) is 27.2. The molecule has 35 heteroatoms. The molecule has 0 radical (unpaired) electrons. The Hall–Kier alpha value is -17.4. The zero-order valence-electron chi connectivity index (χ0n) is 122. The highest BCUT2D eigenvalue weighted by atomic mass is 16.7. The number of nitrogens with zero attached hydrogens (tertiary/aromatic N) is 10. The van der Waals surface area contributed by atoms with Crippen molar-refractivity contribution >= 4 is 114 Å². The van der Waals surface area contributed by atoms with Gasteiger partial charge in [-0.25, -0.2) is 0 Å². The predicted octanol–water partition coefficient (Wildman–Crippen LogP) is 11.1. The molecular weight excluding hydrogens is 1850 g/mol. The summed E-state index contributed by atoms with van der Waals surface area (Å²) in [4.78, 5) is 156. The summed E-state index contributed by atoms with van der Waals surface area (Å²) in [6.07, 6.45) is -1.10. The molecule has 10 aromatic carbocycles. The molecule has 10 atom stereocenters. The number of fused-ring (bicyclic) bond motifs is 25. The molecule has 15 aromatic rings. The number of carbonyl (C=O) groups is 10. The van der Waals surface area contributed by atoms with E-state index in [0.29, 0.717) is 55.4 Å². The molecule has 30 rings (SSSR count). The molecular formula is C110H95N15O20. The highest BCUT2D eigenvalue weighted by molar-refractivity contribution is 6.03. The molecule has 5 fully saturated rings. The third kappa shape index (κ3) is 14.2. The van der Waals surface area contributed by atoms with Crippen molar-refractivity contribution in [3.05, 3.63) is 296 Å². The maximum absolute atomic E-state index is 13.8. The van der Waals surface area contributed by atoms with E-state index in [4.69, 9.17) is 113 Å². The Morgan fingerprint density at radius 3 is 0.862 bits per heavy atom. The number of para-hydroxylation sites is 5. The number of amides is 10. The fourth-order valence-corrected chi connectivity index (χ4v) is 21.0. The van der Waals surface area contributed by atoms with Crippen LogP contribution in [0.3, 0.4) is 0 Å². The lowest BCUT2D eigenvalue weighted by molar-refractivity contribution is -0.157. The van der Waals surface area contributed by atoms with Crippen molar-refractivity contribution in [3.8, 4) is 57.5 Å². The molecule has 730 valence electrons. The van der Waals surface area contributed by atoms with Gasteiger partial charge in [0.25, 0.3) is 0 Å². The Kier molecular flexibility index (Phi) is 11.9. The Morgan fingerprint density at radius 1 is 0.269 bits per heavy atom. The van der Waals surface area contributed by atoms with Gasteiger partial charge in [0.1, 0.15) is 38.4 Å². The van der Waals surface area contributed by atoms with E-state index in [1.165, 1.54) is 30.3 Å². The van der Waals surface area contributed by atoms with Crippen molar-refractivity contribution in [3.63, 3.8) is 0 Å². The number of H-pyrrole nitrogens is 5. The van der Waals surface area contributed by atoms with Crippen LogP contribution < -0.4 is 47.4 Å². The average molecular weight is 2000 g/mol. The normalized spacial score (nSPS) is 30.8. The van der Waals surface area contributed by atoms with Crippen LogP contribution in [0.2, 0.25) is 0 Å². The highest BCUT2D eigenvalue weighted by Gasteiger charge is 2.55. The summed E-state index contributed by atoms with van der Waals surface area (Å²) in [5.74, 6) is -13.8. The molecule has 5 N–H and O–H groups in total. The number of ether oxygens (including phenoxy) is 10. The van der Waals surface area contributed by atoms with Crippen molar-refractivity contribution in [1.82, 2.24) is 73.9 Å². The third-order valence-electron chi connectivity index (χ3n) is 27.2. The quantitative estimate of drug-likeness (QED) is 0.107. The van der Waals surface area contributed by atoms with Gasteiger partial charge in [0.2, 0.25) is 92.9 Å². The van der Waals surface area contributed by atoms with Gasteiger partial charge >= 0.3 is 0 Å². The van der Waals surface area contributed by atoms with Crippen LogP contribution >= 0.6 is 0 Å². The fourth-order valence-electron chi connectivity index (χ4n) is 21.0. The van der Waals surface area contributed by atoms with Gasteiger partial charge in [-0.2, -0.15) is 0 Å². The molecule has 5 saturated heterocycles. The van der Waals surface area contributed by atoms with Crippen LogP contribution in [-0.2, 0) is 80.0 Å². The van der Waals surface area contributed by atoms with Crippen molar-refractivity contribution in [2.75, 3.05) is 101 Å². The molecule has 0 aliphatic carbocycles. The lowest BCUT2D eigenvalue weighted by Crippen LogP contribution is -2.62. The minimum Gasteiger partial charge on any atom is -0.454 e. The predicted molar refractivity (Wildman–Crippen MR) is 523 cm³/mol. The van der Waals surface area contributed by atoms with Crippen LogP contribution in [0.25, 0.3) is 54.5 Å². The molecule has 5 aromatic heterocycles. The number of rotatable bonds is 5. The number of hydrogen-bond donors (Lipinski definition) is 5. The van der Waals surface area contributed by atoms with Gasteiger partial charge in [-0.3, -0.25) is 47.9 Å². The van der Waals surface area contributed by atoms with E-state index < -0.39 is 316 Å². The summed E-state index contributed by atoms with van der Waals surface area (Å²) < 4.78 is 442. The SMILES string of the molecule is [2H]C1([2H])Oc2ccc(C3c4[nH]c5ccccc5c4C[C@@H]4C(=O)N(C([2H])([2H])[2H])C([2H])([2H])C(=O)N34)cc2O1.[2H]c1c([2H])c(C2c3[nH]c4c([2H])c([2H])c([2H])c([2H])c4c3C[C@@H]3C(=O)N(C([2H])([2H])[2H])C([2H])([2H])C(=O)N23)c([2H])c2c1OCO2.[2H]c1c([2H])c(C2c3[nH]c4ccccc4c3C[C@@H]3C(=O)N(C([2H])([2H])[2H])C([2H])([2H])C(=O)N23)c([2H])c2c1OC([2H])([2H])O2.[2H]c1c([2H])c(C2c3[nH]c4ccccc4c3C[C@@H]3C(=O)N(C([2H])([2H])[2H])C([2H])([2H])C(=O)N23)c([2H])c2c1OCO2.[2H]c1c([2H])c([2H])c2c3c([nH]c2c1[2H])C(c1ccc2c(c1)OC([2H])([2H])O2)N1C(=O)C([2H])([2H])N(C([2H])([2H])[2H])C(=O)[C@H]1C3. The first-order valence-electron chi connectivity index (χ1n) is 68.4. The van der Waals surface area contributed by atoms with E-state index in [1.807, 2.05) is 24.3 Å². The molecule has 5 unspecified atom stereocenters. The van der Waals surface area contributed by atoms with Crippen LogP contribution in [0.4, 0.5) is 0 Å². The van der Waals surface area contributed by atoms with E-state index in [9.17, 15) is 47.9 Å². The van der Waals surface area contributed by atoms with Crippen LogP contribution in [-0.4, -0.2) is 264 Å². The van der Waals surface area contributed by atoms with Crippen molar-refractivity contribution in [1.29, 1.82) is 0 Å². The van der Waals surface area contributed by atoms with Gasteiger partial charge in [0, 0.05) is 171 Å². The fraction of sp³-hybridized carbons (Fsp3) is 0.273. The molecule has 0 spiro atoms. The van der Waals surface area contributed by atoms with Crippen molar-refractivity contribution in [2.24, 2.45) is 0 Å².